The van der Waals surface area contributed by atoms with E-state index in [0.29, 0.717) is 11.0 Å². The van der Waals surface area contributed by atoms with Crippen LogP contribution >= 0.6 is 11.6 Å². The minimum absolute atomic E-state index is 0.0695. The number of rotatable bonds is 1. The molecule has 0 saturated carbocycles. The molecule has 2 heterocycles. The van der Waals surface area contributed by atoms with Crippen molar-refractivity contribution in [1.29, 1.82) is 0 Å². The Kier molecular flexibility index (Phi) is 3.16. The normalized spacial score (nSPS) is 16.5. The van der Waals surface area contributed by atoms with E-state index in [4.69, 9.17) is 11.6 Å². The molecule has 0 atom stereocenters. The van der Waals surface area contributed by atoms with Crippen LogP contribution in [0, 0.1) is 0 Å². The van der Waals surface area contributed by atoms with E-state index in [1.54, 1.807) is 23.0 Å². The molecule has 0 unspecified atom stereocenters. The van der Waals surface area contributed by atoms with Crippen molar-refractivity contribution in [1.82, 2.24) is 5.01 Å². The van der Waals surface area contributed by atoms with Crippen molar-refractivity contribution >= 4 is 34.9 Å². The monoisotopic (exact) mass is 324 g/mol. The summed E-state index contributed by atoms with van der Waals surface area (Å²) >= 11 is 6.20. The number of hydrazone groups is 1. The van der Waals surface area contributed by atoms with Gasteiger partial charge in [0.1, 0.15) is 12.3 Å². The topological polar surface area (TPSA) is 48.3 Å². The Labute approximate surface area is 138 Å². The zero-order valence-electron chi connectivity index (χ0n) is 12.4. The molecule has 2 aromatic rings. The lowest BCUT2D eigenvalue weighted by molar-refractivity contribution is -0.115. The lowest BCUT2D eigenvalue weighted by Crippen LogP contribution is -2.39. The van der Waals surface area contributed by atoms with Crippen molar-refractivity contribution in [2.24, 2.45) is 10.1 Å². The van der Waals surface area contributed by atoms with Crippen molar-refractivity contribution in [3.63, 3.8) is 0 Å². The Hall–Kier alpha value is -2.66. The summed E-state index contributed by atoms with van der Waals surface area (Å²) in [5.74, 6) is 0.462. The van der Waals surface area contributed by atoms with Gasteiger partial charge in [-0.05, 0) is 18.2 Å². The molecule has 2 aliphatic heterocycles. The van der Waals surface area contributed by atoms with Crippen molar-refractivity contribution in [2.45, 2.75) is 0 Å². The minimum Gasteiger partial charge on any atom is -0.272 e. The number of amides is 1. The number of guanidine groups is 1. The third-order valence-electron chi connectivity index (χ3n) is 3.85. The number of aliphatic imine (C=N–C) groups is 1. The van der Waals surface area contributed by atoms with E-state index >= 15 is 0 Å². The largest absolute Gasteiger partial charge is 0.272 e. The van der Waals surface area contributed by atoms with Crippen LogP contribution in [0.1, 0.15) is 11.1 Å². The van der Waals surface area contributed by atoms with E-state index in [-0.39, 0.29) is 12.5 Å². The SMILES string of the molecule is CN1N=C(c2ccccc2)c2cc(Cl)ccc2N2C(=O)CN=C12. The molecular formula is C17H13ClN4O. The average Bonchev–Trinajstić information content (AvgIpc) is 2.89. The summed E-state index contributed by atoms with van der Waals surface area (Å²) in [6.07, 6.45) is 0. The molecule has 0 aromatic heterocycles. The van der Waals surface area contributed by atoms with Crippen molar-refractivity contribution in [3.05, 3.63) is 64.7 Å². The molecule has 1 amide bonds. The molecule has 0 bridgehead atoms. The highest BCUT2D eigenvalue weighted by Gasteiger charge is 2.35. The second-order valence-electron chi connectivity index (χ2n) is 5.35. The predicted octanol–water partition coefficient (Wildman–Crippen LogP) is 2.74. The van der Waals surface area contributed by atoms with E-state index in [0.717, 1.165) is 22.5 Å². The maximum absolute atomic E-state index is 12.3. The summed E-state index contributed by atoms with van der Waals surface area (Å²) in [6.45, 7) is 0.137. The maximum Gasteiger partial charge on any atom is 0.255 e. The molecule has 4 rings (SSSR count). The van der Waals surface area contributed by atoms with E-state index in [9.17, 15) is 4.79 Å². The number of hydrogen-bond donors (Lipinski definition) is 0. The van der Waals surface area contributed by atoms with Crippen molar-refractivity contribution < 1.29 is 4.79 Å². The van der Waals surface area contributed by atoms with Gasteiger partial charge in [-0.25, -0.2) is 14.9 Å². The number of nitrogens with zero attached hydrogens (tertiary/aromatic N) is 4. The first kappa shape index (κ1) is 14.0. The third-order valence-corrected chi connectivity index (χ3v) is 4.08. The number of hydrogen-bond acceptors (Lipinski definition) is 4. The molecule has 0 fully saturated rings. The molecule has 6 heteroatoms. The Morgan fingerprint density at radius 2 is 1.91 bits per heavy atom. The van der Waals surface area contributed by atoms with Crippen LogP contribution in [-0.2, 0) is 4.79 Å². The summed E-state index contributed by atoms with van der Waals surface area (Å²) in [5.41, 5.74) is 3.28. The zero-order valence-corrected chi connectivity index (χ0v) is 13.2. The summed E-state index contributed by atoms with van der Waals surface area (Å²) in [7, 11) is 1.79. The molecule has 0 radical (unpaired) electrons. The van der Waals surface area contributed by atoms with Crippen LogP contribution in [0.4, 0.5) is 5.69 Å². The quantitative estimate of drug-likeness (QED) is 0.810. The van der Waals surface area contributed by atoms with Gasteiger partial charge in [0, 0.05) is 23.2 Å². The summed E-state index contributed by atoms with van der Waals surface area (Å²) in [4.78, 5) is 18.2. The van der Waals surface area contributed by atoms with E-state index in [1.807, 2.05) is 42.5 Å². The number of anilines is 1. The molecule has 0 saturated heterocycles. The molecule has 0 aliphatic carbocycles. The molecule has 2 aromatic carbocycles. The first-order chi connectivity index (χ1) is 11.1. The Morgan fingerprint density at radius 1 is 1.13 bits per heavy atom. The highest BCUT2D eigenvalue weighted by Crippen LogP contribution is 2.32. The third kappa shape index (κ3) is 2.21. The van der Waals surface area contributed by atoms with Gasteiger partial charge in [-0.2, -0.15) is 5.10 Å². The van der Waals surface area contributed by atoms with E-state index in [1.165, 1.54) is 0 Å². The van der Waals surface area contributed by atoms with Gasteiger partial charge in [0.25, 0.3) is 5.91 Å². The predicted molar refractivity (Wildman–Crippen MR) is 91.1 cm³/mol. The van der Waals surface area contributed by atoms with Gasteiger partial charge < -0.3 is 0 Å². The first-order valence-electron chi connectivity index (χ1n) is 7.20. The molecule has 2 aliphatic rings. The van der Waals surface area contributed by atoms with E-state index < -0.39 is 0 Å². The zero-order chi connectivity index (χ0) is 16.0. The molecule has 5 nitrogen and oxygen atoms in total. The van der Waals surface area contributed by atoms with Crippen LogP contribution in [0.3, 0.4) is 0 Å². The van der Waals surface area contributed by atoms with Crippen LogP contribution < -0.4 is 4.90 Å². The van der Waals surface area contributed by atoms with Gasteiger partial charge in [0.2, 0.25) is 5.96 Å². The Morgan fingerprint density at radius 3 is 2.70 bits per heavy atom. The fourth-order valence-corrected chi connectivity index (χ4v) is 3.00. The molecule has 114 valence electrons. The van der Waals surface area contributed by atoms with Crippen LogP contribution in [0.5, 0.6) is 0 Å². The fraction of sp³-hybridized carbons (Fsp3) is 0.118. The van der Waals surface area contributed by atoms with Gasteiger partial charge in [-0.15, -0.1) is 0 Å². The van der Waals surface area contributed by atoms with Crippen LogP contribution in [0.15, 0.2) is 58.6 Å². The number of carbonyl (C=O) groups excluding carboxylic acids is 1. The molecule has 23 heavy (non-hydrogen) atoms. The fourth-order valence-electron chi connectivity index (χ4n) is 2.83. The van der Waals surface area contributed by atoms with Gasteiger partial charge in [-0.3, -0.25) is 4.79 Å². The van der Waals surface area contributed by atoms with Gasteiger partial charge in [-0.1, -0.05) is 41.9 Å². The van der Waals surface area contributed by atoms with Gasteiger partial charge in [0.15, 0.2) is 0 Å². The number of fused-ring (bicyclic) bond motifs is 3. The molecular weight excluding hydrogens is 312 g/mol. The number of carbonyl (C=O) groups is 1. The standard InChI is InChI=1S/C17H13ClN4O/c1-21-17-19-10-15(23)22(17)14-8-7-12(18)9-13(14)16(20-21)11-5-3-2-4-6-11/h2-9H,10H2,1H3. The average molecular weight is 325 g/mol. The maximum atomic E-state index is 12.3. The second kappa shape index (κ2) is 5.21. The Bertz CT molecular complexity index is 860. The highest BCUT2D eigenvalue weighted by molar-refractivity contribution is 6.33. The van der Waals surface area contributed by atoms with Crippen LogP contribution in [0.2, 0.25) is 5.02 Å². The van der Waals surface area contributed by atoms with Crippen LogP contribution in [-0.4, -0.2) is 36.2 Å². The number of benzene rings is 2. The van der Waals surface area contributed by atoms with Crippen LogP contribution in [0.25, 0.3) is 0 Å². The Balaban J connectivity index is 2.00. The highest BCUT2D eigenvalue weighted by atomic mass is 35.5. The summed E-state index contributed by atoms with van der Waals surface area (Å²) < 4.78 is 0. The lowest BCUT2D eigenvalue weighted by atomic mass is 10.0. The van der Waals surface area contributed by atoms with E-state index in [2.05, 4.69) is 10.1 Å². The van der Waals surface area contributed by atoms with Gasteiger partial charge >= 0.3 is 0 Å². The lowest BCUT2D eigenvalue weighted by Gasteiger charge is -2.21. The van der Waals surface area contributed by atoms with Gasteiger partial charge in [0.05, 0.1) is 5.69 Å². The first-order valence-corrected chi connectivity index (χ1v) is 7.58. The number of halogens is 1. The minimum atomic E-state index is -0.0695. The smallest absolute Gasteiger partial charge is 0.255 e. The summed E-state index contributed by atoms with van der Waals surface area (Å²) in [6, 6.07) is 15.3. The second-order valence-corrected chi connectivity index (χ2v) is 5.78. The van der Waals surface area contributed by atoms with Crippen molar-refractivity contribution in [2.75, 3.05) is 18.5 Å². The molecule has 0 N–H and O–H groups in total. The van der Waals surface area contributed by atoms with Crippen molar-refractivity contribution in [3.8, 4) is 0 Å². The molecule has 0 spiro atoms. The summed E-state index contributed by atoms with van der Waals surface area (Å²) in [5, 5.41) is 6.91.